The molecule has 316 valence electrons. The molecule has 0 aromatic heterocycles. The van der Waals surface area contributed by atoms with Gasteiger partial charge in [-0.1, -0.05) is 170 Å². The Morgan fingerprint density at radius 1 is 0.434 bits per heavy atom. The van der Waals surface area contributed by atoms with E-state index in [-0.39, 0.29) is 11.8 Å². The van der Waals surface area contributed by atoms with Crippen LogP contribution in [0.15, 0.2) is 0 Å². The van der Waals surface area contributed by atoms with Crippen molar-refractivity contribution in [1.29, 1.82) is 0 Å². The number of hydrogen-bond acceptors (Lipinski definition) is 4. The van der Waals surface area contributed by atoms with Crippen LogP contribution in [0.25, 0.3) is 0 Å². The normalized spacial score (nSPS) is 15.3. The minimum Gasteiger partial charge on any atom is -0.481 e. The van der Waals surface area contributed by atoms with Crippen LogP contribution in [0.4, 0.5) is 0 Å². The molecule has 0 bridgehead atoms. The van der Waals surface area contributed by atoms with E-state index in [0.717, 1.165) is 166 Å². The molecule has 0 rings (SSSR count). The van der Waals surface area contributed by atoms with Gasteiger partial charge in [0.1, 0.15) is 0 Å². The number of nitrogens with zero attached hydrogens (tertiary/aromatic N) is 1. The molecule has 0 spiro atoms. The summed E-state index contributed by atoms with van der Waals surface area (Å²) in [5.74, 6) is -0.200. The molecule has 4 atom stereocenters. The standard InChI is InChI=1S/C47H93NO5/c1-7-13-27-41(11-5)29-25-33-43(45(49)50)31-19-15-17-21-35-47(53,37-23-24-40-48(38-9-3)39-10-4)36-22-18-16-20-32-44(46(51)52)34-26-30-42(12-6)28-14-8-2/h41-44,53H,7-40H2,1-6H3,(H,49,50)(H,51,52). The van der Waals surface area contributed by atoms with E-state index in [1.54, 1.807) is 0 Å². The van der Waals surface area contributed by atoms with Crippen LogP contribution in [0.1, 0.15) is 241 Å². The summed E-state index contributed by atoms with van der Waals surface area (Å²) < 4.78 is 0. The number of carboxylic acid groups (broad SMARTS) is 2. The van der Waals surface area contributed by atoms with Crippen LogP contribution in [-0.4, -0.2) is 57.4 Å². The van der Waals surface area contributed by atoms with Crippen LogP contribution < -0.4 is 0 Å². The van der Waals surface area contributed by atoms with Crippen LogP contribution in [0.5, 0.6) is 0 Å². The van der Waals surface area contributed by atoms with Gasteiger partial charge >= 0.3 is 11.9 Å². The Bertz CT molecular complexity index is 776. The fourth-order valence-corrected chi connectivity index (χ4v) is 8.71. The molecule has 0 aromatic rings. The first kappa shape index (κ1) is 51.9. The zero-order valence-corrected chi connectivity index (χ0v) is 36.5. The number of carbonyl (C=O) groups is 2. The molecular formula is C47H93NO5. The average Bonchev–Trinajstić information content (AvgIpc) is 3.13. The molecule has 0 saturated heterocycles. The minimum absolute atomic E-state index is 0.217. The van der Waals surface area contributed by atoms with Crippen LogP contribution in [-0.2, 0) is 9.59 Å². The van der Waals surface area contributed by atoms with Crippen LogP contribution in [0, 0.1) is 23.7 Å². The third-order valence-electron chi connectivity index (χ3n) is 12.5. The van der Waals surface area contributed by atoms with Gasteiger partial charge in [-0.15, -0.1) is 0 Å². The molecule has 0 aliphatic heterocycles. The second-order valence-corrected chi connectivity index (χ2v) is 17.2. The van der Waals surface area contributed by atoms with Crippen molar-refractivity contribution in [3.8, 4) is 0 Å². The predicted octanol–water partition coefficient (Wildman–Crippen LogP) is 13.9. The van der Waals surface area contributed by atoms with Crippen molar-refractivity contribution < 1.29 is 24.9 Å². The summed E-state index contributed by atoms with van der Waals surface area (Å²) in [5, 5.41) is 31.6. The van der Waals surface area contributed by atoms with Gasteiger partial charge in [0.25, 0.3) is 0 Å². The molecule has 0 aromatic carbocycles. The lowest BCUT2D eigenvalue weighted by atomic mass is 9.85. The van der Waals surface area contributed by atoms with Gasteiger partial charge in [0.05, 0.1) is 17.4 Å². The van der Waals surface area contributed by atoms with E-state index in [1.165, 1.54) is 64.2 Å². The number of aliphatic carboxylic acids is 2. The minimum atomic E-state index is -0.630. The monoisotopic (exact) mass is 752 g/mol. The summed E-state index contributed by atoms with van der Waals surface area (Å²) in [6, 6.07) is 0. The average molecular weight is 752 g/mol. The van der Waals surface area contributed by atoms with Gasteiger partial charge < -0.3 is 20.2 Å². The van der Waals surface area contributed by atoms with Crippen LogP contribution in [0.2, 0.25) is 0 Å². The molecule has 0 aliphatic carbocycles. The highest BCUT2D eigenvalue weighted by atomic mass is 16.4. The number of hydrogen-bond donors (Lipinski definition) is 3. The molecule has 0 heterocycles. The summed E-state index contributed by atoms with van der Waals surface area (Å²) in [5.41, 5.74) is -0.630. The first-order valence-corrected chi connectivity index (χ1v) is 23.5. The molecule has 0 radical (unpaired) electrons. The lowest BCUT2D eigenvalue weighted by molar-refractivity contribution is -0.143. The smallest absolute Gasteiger partial charge is 0.306 e. The van der Waals surface area contributed by atoms with E-state index < -0.39 is 17.5 Å². The second kappa shape index (κ2) is 35.3. The molecule has 6 nitrogen and oxygen atoms in total. The van der Waals surface area contributed by atoms with Crippen molar-refractivity contribution in [1.82, 2.24) is 4.90 Å². The summed E-state index contributed by atoms with van der Waals surface area (Å²) in [7, 11) is 0. The van der Waals surface area contributed by atoms with Gasteiger partial charge in [0, 0.05) is 0 Å². The van der Waals surface area contributed by atoms with Gasteiger partial charge in [0.2, 0.25) is 0 Å². The largest absolute Gasteiger partial charge is 0.481 e. The van der Waals surface area contributed by atoms with Crippen LogP contribution in [0.3, 0.4) is 0 Å². The summed E-state index contributed by atoms with van der Waals surface area (Å²) in [4.78, 5) is 26.5. The van der Waals surface area contributed by atoms with E-state index in [0.29, 0.717) is 0 Å². The molecule has 0 saturated carbocycles. The number of aliphatic hydroxyl groups is 1. The molecule has 3 N–H and O–H groups in total. The highest BCUT2D eigenvalue weighted by molar-refractivity contribution is 5.70. The number of unbranched alkanes of at least 4 members (excludes halogenated alkanes) is 9. The van der Waals surface area contributed by atoms with Crippen molar-refractivity contribution >= 4 is 11.9 Å². The molecular weight excluding hydrogens is 659 g/mol. The number of carboxylic acids is 2. The van der Waals surface area contributed by atoms with Gasteiger partial charge in [-0.3, -0.25) is 9.59 Å². The first-order chi connectivity index (χ1) is 25.6. The van der Waals surface area contributed by atoms with Gasteiger partial charge in [0.15, 0.2) is 0 Å². The Kier molecular flexibility index (Phi) is 34.5. The highest BCUT2D eigenvalue weighted by Gasteiger charge is 2.26. The van der Waals surface area contributed by atoms with Crippen LogP contribution >= 0.6 is 0 Å². The molecule has 0 aliphatic rings. The van der Waals surface area contributed by atoms with E-state index in [9.17, 15) is 24.9 Å². The summed E-state index contributed by atoms with van der Waals surface area (Å²) >= 11 is 0. The quantitative estimate of drug-likeness (QED) is 0.0538. The topological polar surface area (TPSA) is 98.1 Å². The fourth-order valence-electron chi connectivity index (χ4n) is 8.71. The summed E-state index contributed by atoms with van der Waals surface area (Å²) in [6.45, 7) is 16.9. The Labute approximate surface area is 330 Å². The van der Waals surface area contributed by atoms with Gasteiger partial charge in [-0.25, -0.2) is 0 Å². The molecule has 6 heteroatoms. The van der Waals surface area contributed by atoms with E-state index in [2.05, 4.69) is 46.4 Å². The zero-order chi connectivity index (χ0) is 39.6. The Balaban J connectivity index is 4.82. The van der Waals surface area contributed by atoms with Gasteiger partial charge in [-0.05, 0) is 102 Å². The van der Waals surface area contributed by atoms with Gasteiger partial charge in [-0.2, -0.15) is 0 Å². The second-order valence-electron chi connectivity index (χ2n) is 17.2. The lowest BCUT2D eigenvalue weighted by Crippen LogP contribution is -2.30. The van der Waals surface area contributed by atoms with E-state index in [4.69, 9.17) is 0 Å². The third kappa shape index (κ3) is 28.9. The summed E-state index contributed by atoms with van der Waals surface area (Å²) in [6.07, 6.45) is 32.7. The maximum atomic E-state index is 12.0. The number of rotatable bonds is 41. The fraction of sp³-hybridized carbons (Fsp3) is 0.957. The first-order valence-electron chi connectivity index (χ1n) is 23.5. The Morgan fingerprint density at radius 2 is 0.792 bits per heavy atom. The van der Waals surface area contributed by atoms with E-state index in [1.807, 2.05) is 0 Å². The predicted molar refractivity (Wildman–Crippen MR) is 228 cm³/mol. The van der Waals surface area contributed by atoms with Crippen molar-refractivity contribution in [2.24, 2.45) is 23.7 Å². The molecule has 53 heavy (non-hydrogen) atoms. The SMILES string of the molecule is CCCCC(CC)CCCC(CCCCCCC(O)(CCCCCCC(CCCC(CC)CCCC)C(=O)O)CCCCN(CCC)CCC)C(=O)O. The Hall–Kier alpha value is -1.14. The third-order valence-corrected chi connectivity index (χ3v) is 12.5. The molecule has 0 fully saturated rings. The molecule has 4 unspecified atom stereocenters. The molecule has 0 amide bonds. The lowest BCUT2D eigenvalue weighted by Gasteiger charge is -2.29. The van der Waals surface area contributed by atoms with E-state index >= 15 is 0 Å². The zero-order valence-electron chi connectivity index (χ0n) is 36.5. The Morgan fingerprint density at radius 3 is 1.15 bits per heavy atom. The highest BCUT2D eigenvalue weighted by Crippen LogP contribution is 2.30. The maximum absolute atomic E-state index is 12.0. The van der Waals surface area contributed by atoms with Crippen molar-refractivity contribution in [3.05, 3.63) is 0 Å². The van der Waals surface area contributed by atoms with Crippen molar-refractivity contribution in [3.63, 3.8) is 0 Å². The maximum Gasteiger partial charge on any atom is 0.306 e. The van der Waals surface area contributed by atoms with Crippen molar-refractivity contribution in [2.75, 3.05) is 19.6 Å². The van der Waals surface area contributed by atoms with Crippen molar-refractivity contribution in [2.45, 2.75) is 246 Å².